The van der Waals surface area contributed by atoms with E-state index < -0.39 is 0 Å². The standard InChI is InChI=1S/C19H37NO3.C11H21NO3/c1-6-7-8-9-10-11-12-13-17(21)23-16-14-18(2,3)20(22)19(4,5)15-16;1-10(2)6-9(15-8-13)7-11(3,4)12(10)14-5/h16,22H,6-15H2,1-5H3;8-9H,6-7H2,1-5H3. The fourth-order valence-electron chi connectivity index (χ4n) is 6.57. The maximum absolute atomic E-state index is 12.1. The van der Waals surface area contributed by atoms with Gasteiger partial charge in [0.15, 0.2) is 0 Å². The molecule has 2 fully saturated rings. The molecule has 2 saturated heterocycles. The Bertz CT molecular complexity index is 686. The summed E-state index contributed by atoms with van der Waals surface area (Å²) in [7, 11) is 1.68. The van der Waals surface area contributed by atoms with Gasteiger partial charge < -0.3 is 19.5 Å². The van der Waals surface area contributed by atoms with E-state index in [0.29, 0.717) is 25.7 Å². The summed E-state index contributed by atoms with van der Waals surface area (Å²) >= 11 is 0. The monoisotopic (exact) mass is 542 g/mol. The minimum absolute atomic E-state index is 0.0149. The fraction of sp³-hybridized carbons (Fsp3) is 0.933. The van der Waals surface area contributed by atoms with Gasteiger partial charge in [-0.15, -0.1) is 0 Å². The van der Waals surface area contributed by atoms with Crippen molar-refractivity contribution in [2.75, 3.05) is 7.11 Å². The number of carbonyl (C=O) groups excluding carboxylic acids is 2. The molecule has 0 radical (unpaired) electrons. The second-order valence-electron chi connectivity index (χ2n) is 13.7. The summed E-state index contributed by atoms with van der Waals surface area (Å²) in [4.78, 5) is 27.9. The van der Waals surface area contributed by atoms with Crippen molar-refractivity contribution in [3.63, 3.8) is 0 Å². The maximum atomic E-state index is 12.1. The summed E-state index contributed by atoms with van der Waals surface area (Å²) in [6, 6.07) is 0. The minimum Gasteiger partial charge on any atom is -0.464 e. The van der Waals surface area contributed by atoms with Crippen LogP contribution in [-0.4, -0.2) is 69.2 Å². The van der Waals surface area contributed by atoms with Gasteiger partial charge in [0.05, 0.1) is 7.11 Å². The van der Waals surface area contributed by atoms with E-state index >= 15 is 0 Å². The summed E-state index contributed by atoms with van der Waals surface area (Å²) in [5.74, 6) is -0.0819. The van der Waals surface area contributed by atoms with Crippen LogP contribution in [0.5, 0.6) is 0 Å². The zero-order valence-corrected chi connectivity index (χ0v) is 26.1. The highest BCUT2D eigenvalue weighted by Gasteiger charge is 2.47. The molecule has 1 N–H and O–H groups in total. The van der Waals surface area contributed by atoms with Gasteiger partial charge in [-0.05, 0) is 61.8 Å². The Kier molecular flexibility index (Phi) is 13.7. The molecule has 2 aliphatic rings. The first kappa shape index (κ1) is 34.8. The summed E-state index contributed by atoms with van der Waals surface area (Å²) in [6.45, 7) is 19.1. The van der Waals surface area contributed by atoms with Crippen molar-refractivity contribution in [2.45, 2.75) is 174 Å². The van der Waals surface area contributed by atoms with Crippen LogP contribution in [0.15, 0.2) is 0 Å². The van der Waals surface area contributed by atoms with Crippen LogP contribution in [0.25, 0.3) is 0 Å². The molecular formula is C30H58N2O6. The highest BCUT2D eigenvalue weighted by atomic mass is 16.7. The Morgan fingerprint density at radius 3 is 1.68 bits per heavy atom. The first-order chi connectivity index (χ1) is 17.5. The van der Waals surface area contributed by atoms with Gasteiger partial charge in [0.1, 0.15) is 12.2 Å². The highest BCUT2D eigenvalue weighted by Crippen LogP contribution is 2.39. The lowest BCUT2D eigenvalue weighted by Crippen LogP contribution is -2.61. The van der Waals surface area contributed by atoms with Crippen molar-refractivity contribution in [1.29, 1.82) is 0 Å². The number of hydroxylamine groups is 4. The molecule has 38 heavy (non-hydrogen) atoms. The molecule has 0 aromatic heterocycles. The first-order valence-electron chi connectivity index (χ1n) is 14.6. The summed E-state index contributed by atoms with van der Waals surface area (Å²) in [5, 5.41) is 13.7. The lowest BCUT2D eigenvalue weighted by molar-refractivity contribution is -0.277. The van der Waals surface area contributed by atoms with Crippen LogP contribution in [0.1, 0.15) is 139 Å². The molecule has 0 spiro atoms. The smallest absolute Gasteiger partial charge is 0.306 e. The Hall–Kier alpha value is -1.22. The van der Waals surface area contributed by atoms with Crippen molar-refractivity contribution in [3.05, 3.63) is 0 Å². The molecule has 2 rings (SSSR count). The van der Waals surface area contributed by atoms with E-state index in [1.807, 2.05) is 32.8 Å². The van der Waals surface area contributed by atoms with Crippen molar-refractivity contribution in [2.24, 2.45) is 0 Å². The molecule has 8 heteroatoms. The number of rotatable bonds is 12. The van der Waals surface area contributed by atoms with Gasteiger partial charge in [-0.1, -0.05) is 45.4 Å². The highest BCUT2D eigenvalue weighted by molar-refractivity contribution is 5.69. The van der Waals surface area contributed by atoms with Crippen molar-refractivity contribution in [1.82, 2.24) is 10.1 Å². The van der Waals surface area contributed by atoms with Crippen LogP contribution in [0.2, 0.25) is 0 Å². The van der Waals surface area contributed by atoms with Gasteiger partial charge in [-0.25, -0.2) is 0 Å². The topological polar surface area (TPSA) is 88.5 Å². The number of hydrogen-bond donors (Lipinski definition) is 1. The van der Waals surface area contributed by atoms with Crippen LogP contribution in [0, 0.1) is 0 Å². The lowest BCUT2D eigenvalue weighted by Gasteiger charge is -2.52. The minimum atomic E-state index is -0.369. The quantitative estimate of drug-likeness (QED) is 0.163. The zero-order valence-electron chi connectivity index (χ0n) is 26.1. The fourth-order valence-corrected chi connectivity index (χ4v) is 6.57. The van der Waals surface area contributed by atoms with Crippen LogP contribution in [0.4, 0.5) is 0 Å². The molecule has 2 heterocycles. The second-order valence-corrected chi connectivity index (χ2v) is 13.7. The normalized spacial score (nSPS) is 23.2. The molecule has 0 atom stereocenters. The molecule has 0 aliphatic carbocycles. The Labute approximate surface area is 232 Å². The molecule has 0 aromatic carbocycles. The van der Waals surface area contributed by atoms with E-state index in [1.165, 1.54) is 37.2 Å². The van der Waals surface area contributed by atoms with Gasteiger partial charge in [-0.3, -0.25) is 9.59 Å². The van der Waals surface area contributed by atoms with Crippen LogP contribution >= 0.6 is 0 Å². The van der Waals surface area contributed by atoms with Crippen LogP contribution in [-0.2, 0) is 23.9 Å². The van der Waals surface area contributed by atoms with E-state index in [9.17, 15) is 14.8 Å². The Balaban J connectivity index is 0.000000415. The van der Waals surface area contributed by atoms with Gasteiger partial charge in [0.25, 0.3) is 6.47 Å². The number of hydrogen-bond acceptors (Lipinski definition) is 8. The molecule has 0 unspecified atom stereocenters. The van der Waals surface area contributed by atoms with E-state index in [0.717, 1.165) is 25.7 Å². The molecule has 2 aliphatic heterocycles. The predicted octanol–water partition coefficient (Wildman–Crippen LogP) is 6.82. The van der Waals surface area contributed by atoms with E-state index in [4.69, 9.17) is 14.3 Å². The average Bonchev–Trinajstić information content (AvgIpc) is 2.75. The predicted molar refractivity (Wildman–Crippen MR) is 151 cm³/mol. The second kappa shape index (κ2) is 15.0. The zero-order chi connectivity index (χ0) is 29.2. The summed E-state index contributed by atoms with van der Waals surface area (Å²) < 4.78 is 10.8. The summed E-state index contributed by atoms with van der Waals surface area (Å²) in [6.07, 6.45) is 11.8. The first-order valence-corrected chi connectivity index (χ1v) is 14.6. The molecule has 0 bridgehead atoms. The van der Waals surface area contributed by atoms with Crippen molar-refractivity contribution < 1.29 is 29.1 Å². The lowest BCUT2D eigenvalue weighted by atomic mass is 9.80. The number of esters is 1. The maximum Gasteiger partial charge on any atom is 0.306 e. The van der Waals surface area contributed by atoms with Crippen LogP contribution in [0.3, 0.4) is 0 Å². The number of nitrogens with zero attached hydrogens (tertiary/aromatic N) is 2. The number of ether oxygens (including phenoxy) is 2. The number of unbranched alkanes of at least 4 members (excludes halogenated alkanes) is 6. The molecule has 8 nitrogen and oxygen atoms in total. The Morgan fingerprint density at radius 1 is 0.789 bits per heavy atom. The third-order valence-corrected chi connectivity index (χ3v) is 7.87. The Morgan fingerprint density at radius 2 is 1.24 bits per heavy atom. The van der Waals surface area contributed by atoms with Crippen LogP contribution < -0.4 is 0 Å². The van der Waals surface area contributed by atoms with Gasteiger partial charge in [-0.2, -0.15) is 10.1 Å². The number of piperidine rings is 2. The molecule has 0 saturated carbocycles. The number of carbonyl (C=O) groups is 2. The molecule has 0 amide bonds. The van der Waals surface area contributed by atoms with E-state index in [-0.39, 0.29) is 40.3 Å². The van der Waals surface area contributed by atoms with E-state index in [1.54, 1.807) is 7.11 Å². The van der Waals surface area contributed by atoms with Gasteiger partial charge in [0.2, 0.25) is 0 Å². The molecule has 224 valence electrons. The largest absolute Gasteiger partial charge is 0.464 e. The average molecular weight is 543 g/mol. The third kappa shape index (κ3) is 10.7. The van der Waals surface area contributed by atoms with E-state index in [2.05, 4.69) is 34.6 Å². The third-order valence-electron chi connectivity index (χ3n) is 7.87. The SMILES string of the molecule is CCCCCCCCCC(=O)OC1CC(C)(C)N(O)C(C)(C)C1.CON1C(C)(C)CC(OC=O)CC1(C)C. The summed E-state index contributed by atoms with van der Waals surface area (Å²) in [5.41, 5.74) is -0.980. The van der Waals surface area contributed by atoms with Crippen molar-refractivity contribution >= 4 is 12.4 Å². The van der Waals surface area contributed by atoms with Gasteiger partial charge in [0, 0.05) is 54.3 Å². The molecule has 0 aromatic rings. The molecular weight excluding hydrogens is 484 g/mol. The van der Waals surface area contributed by atoms with Gasteiger partial charge >= 0.3 is 5.97 Å². The van der Waals surface area contributed by atoms with Crippen molar-refractivity contribution in [3.8, 4) is 0 Å².